The van der Waals surface area contributed by atoms with Crippen LogP contribution >= 0.6 is 11.8 Å². The summed E-state index contributed by atoms with van der Waals surface area (Å²) < 4.78 is 4.81. The lowest BCUT2D eigenvalue weighted by Gasteiger charge is -2.11. The van der Waals surface area contributed by atoms with Crippen molar-refractivity contribution in [2.24, 2.45) is 0 Å². The minimum Gasteiger partial charge on any atom is -0.465 e. The summed E-state index contributed by atoms with van der Waals surface area (Å²) in [6.07, 6.45) is 0. The average molecular weight is 281 g/mol. The summed E-state index contributed by atoms with van der Waals surface area (Å²) >= 11 is 1.27. The number of rotatable bonds is 6. The molecule has 104 valence electrons. The number of thioether (sulfide) groups is 1. The molecule has 0 aliphatic rings. The Morgan fingerprint density at radius 1 is 1.32 bits per heavy atom. The first-order chi connectivity index (χ1) is 9.02. The van der Waals surface area contributed by atoms with Crippen LogP contribution in [0.25, 0.3) is 0 Å². The van der Waals surface area contributed by atoms with Crippen LogP contribution in [0.5, 0.6) is 0 Å². The molecular weight excluding hydrogens is 262 g/mol. The highest BCUT2D eigenvalue weighted by atomic mass is 32.2. The molecule has 1 amide bonds. The van der Waals surface area contributed by atoms with Crippen molar-refractivity contribution in [2.45, 2.75) is 26.0 Å². The number of hydrogen-bond acceptors (Lipinski definition) is 4. The zero-order valence-electron chi connectivity index (χ0n) is 11.4. The van der Waals surface area contributed by atoms with Crippen molar-refractivity contribution >= 4 is 29.3 Å². The molecule has 1 aromatic rings. The van der Waals surface area contributed by atoms with Crippen LogP contribution in [0.2, 0.25) is 0 Å². The first kappa shape index (κ1) is 15.6. The van der Waals surface area contributed by atoms with Crippen LogP contribution < -0.4 is 5.32 Å². The van der Waals surface area contributed by atoms with Gasteiger partial charge in [0.2, 0.25) is 5.91 Å². The molecule has 5 heteroatoms. The van der Waals surface area contributed by atoms with Crippen molar-refractivity contribution in [2.75, 3.05) is 17.7 Å². The van der Waals surface area contributed by atoms with E-state index in [-0.39, 0.29) is 22.9 Å². The summed E-state index contributed by atoms with van der Waals surface area (Å²) in [5, 5.41) is 2.51. The summed E-state index contributed by atoms with van der Waals surface area (Å²) in [5.74, 6) is -0.211. The molecule has 1 aromatic carbocycles. The second-order valence-electron chi connectivity index (χ2n) is 4.11. The second kappa shape index (κ2) is 7.84. The largest absolute Gasteiger partial charge is 0.465 e. The van der Waals surface area contributed by atoms with Gasteiger partial charge in [0.05, 0.1) is 17.6 Å². The van der Waals surface area contributed by atoms with Crippen LogP contribution in [0, 0.1) is 6.92 Å². The van der Waals surface area contributed by atoms with Gasteiger partial charge >= 0.3 is 5.97 Å². The predicted octanol–water partition coefficient (Wildman–Crippen LogP) is 2.62. The van der Waals surface area contributed by atoms with Gasteiger partial charge in [-0.05, 0) is 32.9 Å². The van der Waals surface area contributed by atoms with E-state index >= 15 is 0 Å². The summed E-state index contributed by atoms with van der Waals surface area (Å²) in [7, 11) is 0. The molecule has 0 radical (unpaired) electrons. The number of anilines is 1. The molecule has 0 spiro atoms. The van der Waals surface area contributed by atoms with Crippen molar-refractivity contribution in [3.05, 3.63) is 29.8 Å². The number of carbonyl (C=O) groups excluding carboxylic acids is 2. The molecule has 0 aliphatic heterocycles. The molecule has 0 heterocycles. The topological polar surface area (TPSA) is 55.4 Å². The Bertz CT molecular complexity index is 431. The summed E-state index contributed by atoms with van der Waals surface area (Å²) in [4.78, 5) is 23.1. The van der Waals surface area contributed by atoms with Gasteiger partial charge in [0.15, 0.2) is 0 Å². The summed E-state index contributed by atoms with van der Waals surface area (Å²) in [6, 6.07) is 7.59. The Balaban J connectivity index is 2.40. The summed E-state index contributed by atoms with van der Waals surface area (Å²) in [5.41, 5.74) is 1.90. The third kappa shape index (κ3) is 5.79. The normalized spacial score (nSPS) is 11.7. The number of amides is 1. The fourth-order valence-corrected chi connectivity index (χ4v) is 2.03. The Labute approximate surface area is 117 Å². The predicted molar refractivity (Wildman–Crippen MR) is 78.4 cm³/mol. The van der Waals surface area contributed by atoms with Gasteiger partial charge in [0, 0.05) is 5.69 Å². The first-order valence-electron chi connectivity index (χ1n) is 6.17. The van der Waals surface area contributed by atoms with Crippen molar-refractivity contribution < 1.29 is 14.3 Å². The Hall–Kier alpha value is -1.49. The minimum absolute atomic E-state index is 0.113. The van der Waals surface area contributed by atoms with Gasteiger partial charge in [-0.1, -0.05) is 17.7 Å². The second-order valence-corrected chi connectivity index (χ2v) is 5.44. The van der Waals surface area contributed by atoms with Gasteiger partial charge < -0.3 is 10.1 Å². The van der Waals surface area contributed by atoms with E-state index in [0.29, 0.717) is 6.61 Å². The van der Waals surface area contributed by atoms with Gasteiger partial charge in [0.1, 0.15) is 0 Å². The molecule has 0 bridgehead atoms. The van der Waals surface area contributed by atoms with Crippen LogP contribution in [0.15, 0.2) is 24.3 Å². The van der Waals surface area contributed by atoms with E-state index in [2.05, 4.69) is 5.32 Å². The molecule has 0 aliphatic carbocycles. The molecule has 1 N–H and O–H groups in total. The zero-order chi connectivity index (χ0) is 14.3. The van der Waals surface area contributed by atoms with Crippen molar-refractivity contribution in [3.63, 3.8) is 0 Å². The Kier molecular flexibility index (Phi) is 6.42. The minimum atomic E-state index is -0.300. The molecule has 1 rings (SSSR count). The highest BCUT2D eigenvalue weighted by Gasteiger charge is 2.15. The monoisotopic (exact) mass is 281 g/mol. The quantitative estimate of drug-likeness (QED) is 0.814. The third-order valence-electron chi connectivity index (χ3n) is 2.44. The first-order valence-corrected chi connectivity index (χ1v) is 7.22. The molecule has 0 saturated heterocycles. The lowest BCUT2D eigenvalue weighted by atomic mass is 10.2. The number of ether oxygens (including phenoxy) is 1. The maximum Gasteiger partial charge on any atom is 0.315 e. The van der Waals surface area contributed by atoms with Crippen molar-refractivity contribution in [1.29, 1.82) is 0 Å². The number of benzene rings is 1. The number of esters is 1. The maximum atomic E-state index is 11.9. The maximum absolute atomic E-state index is 11.9. The van der Waals surface area contributed by atoms with Gasteiger partial charge in [-0.2, -0.15) is 0 Å². The van der Waals surface area contributed by atoms with E-state index in [1.165, 1.54) is 11.8 Å². The Morgan fingerprint density at radius 2 is 1.95 bits per heavy atom. The van der Waals surface area contributed by atoms with E-state index in [1.807, 2.05) is 31.2 Å². The molecule has 1 atom stereocenters. The third-order valence-corrected chi connectivity index (χ3v) is 3.56. The molecule has 0 saturated carbocycles. The van der Waals surface area contributed by atoms with E-state index in [9.17, 15) is 9.59 Å². The van der Waals surface area contributed by atoms with Gasteiger partial charge in [0.25, 0.3) is 0 Å². The van der Waals surface area contributed by atoms with Gasteiger partial charge in [-0.15, -0.1) is 11.8 Å². The molecule has 19 heavy (non-hydrogen) atoms. The van der Waals surface area contributed by atoms with Gasteiger partial charge in [-0.3, -0.25) is 9.59 Å². The van der Waals surface area contributed by atoms with E-state index < -0.39 is 0 Å². The number of nitrogens with one attached hydrogen (secondary N) is 1. The number of hydrogen-bond donors (Lipinski definition) is 1. The molecule has 0 aromatic heterocycles. The molecule has 4 nitrogen and oxygen atoms in total. The van der Waals surface area contributed by atoms with Crippen LogP contribution in [-0.4, -0.2) is 29.5 Å². The summed E-state index contributed by atoms with van der Waals surface area (Å²) in [6.45, 7) is 5.89. The van der Waals surface area contributed by atoms with Crippen LogP contribution in [-0.2, 0) is 14.3 Å². The number of aryl methyl sites for hydroxylation is 1. The molecule has 0 unspecified atom stereocenters. The Morgan fingerprint density at radius 3 is 2.53 bits per heavy atom. The van der Waals surface area contributed by atoms with Crippen LogP contribution in [0.3, 0.4) is 0 Å². The standard InChI is InChI=1S/C14H19NO3S/c1-4-18-13(16)9-19-11(3)14(17)15-12-7-5-10(2)6-8-12/h5-8,11H,4,9H2,1-3H3,(H,15,17)/t11-/m0/s1. The lowest BCUT2D eigenvalue weighted by Crippen LogP contribution is -2.24. The fourth-order valence-electron chi connectivity index (χ4n) is 1.35. The SMILES string of the molecule is CCOC(=O)CS[C@@H](C)C(=O)Nc1ccc(C)cc1. The highest BCUT2D eigenvalue weighted by Crippen LogP contribution is 2.15. The van der Waals surface area contributed by atoms with Crippen LogP contribution in [0.1, 0.15) is 19.4 Å². The van der Waals surface area contributed by atoms with E-state index in [4.69, 9.17) is 4.74 Å². The van der Waals surface area contributed by atoms with Crippen LogP contribution in [0.4, 0.5) is 5.69 Å². The average Bonchev–Trinajstić information content (AvgIpc) is 2.39. The highest BCUT2D eigenvalue weighted by molar-refractivity contribution is 8.01. The molecular formula is C14H19NO3S. The van der Waals surface area contributed by atoms with E-state index in [0.717, 1.165) is 11.3 Å². The zero-order valence-corrected chi connectivity index (χ0v) is 12.3. The number of carbonyl (C=O) groups is 2. The lowest BCUT2D eigenvalue weighted by molar-refractivity contribution is -0.139. The van der Waals surface area contributed by atoms with Crippen molar-refractivity contribution in [1.82, 2.24) is 0 Å². The molecule has 0 fully saturated rings. The van der Waals surface area contributed by atoms with Gasteiger partial charge in [-0.25, -0.2) is 0 Å². The smallest absolute Gasteiger partial charge is 0.315 e. The van der Waals surface area contributed by atoms with Crippen molar-refractivity contribution in [3.8, 4) is 0 Å². The van der Waals surface area contributed by atoms with E-state index in [1.54, 1.807) is 13.8 Å². The fraction of sp³-hybridized carbons (Fsp3) is 0.429.